The van der Waals surface area contributed by atoms with E-state index >= 15 is 0 Å². The Labute approximate surface area is 145 Å². The number of amides is 1. The van der Waals surface area contributed by atoms with Crippen molar-refractivity contribution in [2.24, 2.45) is 11.8 Å². The summed E-state index contributed by atoms with van der Waals surface area (Å²) < 4.78 is 6.62. The lowest BCUT2D eigenvalue weighted by molar-refractivity contribution is -0.120. The van der Waals surface area contributed by atoms with Gasteiger partial charge >= 0.3 is 0 Å². The van der Waals surface area contributed by atoms with Gasteiger partial charge in [-0.05, 0) is 30.4 Å². The molecule has 130 valence electrons. The van der Waals surface area contributed by atoms with E-state index in [4.69, 9.17) is 10.3 Å². The molecule has 2 aromatic heterocycles. The molecule has 1 fully saturated rings. The molecule has 0 spiro atoms. The maximum atomic E-state index is 12.2. The molecule has 0 aromatic carbocycles. The number of hydrogen-bond donors (Lipinski definition) is 2. The number of thioether (sulfide) groups is 1. The van der Waals surface area contributed by atoms with Gasteiger partial charge in [0.15, 0.2) is 5.76 Å². The van der Waals surface area contributed by atoms with Crippen molar-refractivity contribution in [1.82, 2.24) is 20.2 Å². The molecule has 0 bridgehead atoms. The molecule has 0 aliphatic heterocycles. The molecule has 1 aliphatic rings. The Morgan fingerprint density at radius 1 is 1.46 bits per heavy atom. The summed E-state index contributed by atoms with van der Waals surface area (Å²) in [5.41, 5.74) is 0. The van der Waals surface area contributed by atoms with Crippen LogP contribution in [0.25, 0.3) is 11.6 Å². The number of nitrogen functional groups attached to an aromatic ring is 1. The van der Waals surface area contributed by atoms with Gasteiger partial charge in [0.1, 0.15) is 0 Å². The van der Waals surface area contributed by atoms with E-state index in [1.54, 1.807) is 18.4 Å². The highest BCUT2D eigenvalue weighted by Crippen LogP contribution is 2.29. The van der Waals surface area contributed by atoms with Crippen LogP contribution in [0.5, 0.6) is 0 Å². The van der Waals surface area contributed by atoms with Gasteiger partial charge in [0.2, 0.25) is 16.9 Å². The fraction of sp³-hybridized carbons (Fsp3) is 0.562. The standard InChI is InChI=1S/C16H23N5O2S/c1-10-5-3-6-12(11(10)2)18-14(22)9-24-16-20-19-15(21(16)17)13-7-4-8-23-13/h4,7-8,10-12H,3,5-6,9,17H2,1-2H3,(H,18,22)/t10-,11-,12-/m1/s1. The number of rotatable bonds is 5. The molecule has 24 heavy (non-hydrogen) atoms. The van der Waals surface area contributed by atoms with Crippen molar-refractivity contribution < 1.29 is 9.21 Å². The normalized spacial score (nSPS) is 24.0. The van der Waals surface area contributed by atoms with Crippen LogP contribution in [-0.2, 0) is 4.79 Å². The maximum absolute atomic E-state index is 12.2. The highest BCUT2D eigenvalue weighted by atomic mass is 32.2. The van der Waals surface area contributed by atoms with Crippen LogP contribution in [0.2, 0.25) is 0 Å². The van der Waals surface area contributed by atoms with Crippen molar-refractivity contribution in [2.75, 3.05) is 11.6 Å². The fourth-order valence-electron chi connectivity index (χ4n) is 3.11. The molecule has 2 heterocycles. The Bertz CT molecular complexity index is 685. The summed E-state index contributed by atoms with van der Waals surface area (Å²) in [6, 6.07) is 3.79. The minimum Gasteiger partial charge on any atom is -0.461 e. The topological polar surface area (TPSA) is 99.0 Å². The molecule has 0 unspecified atom stereocenters. The minimum absolute atomic E-state index is 0.00787. The highest BCUT2D eigenvalue weighted by molar-refractivity contribution is 7.99. The molecule has 0 saturated heterocycles. The van der Waals surface area contributed by atoms with Gasteiger partial charge in [-0.25, -0.2) is 4.68 Å². The second kappa shape index (κ2) is 7.29. The van der Waals surface area contributed by atoms with Crippen molar-refractivity contribution >= 4 is 17.7 Å². The lowest BCUT2D eigenvalue weighted by Gasteiger charge is -2.34. The summed E-state index contributed by atoms with van der Waals surface area (Å²) >= 11 is 1.27. The number of carbonyl (C=O) groups is 1. The number of carbonyl (C=O) groups excluding carboxylic acids is 1. The summed E-state index contributed by atoms with van der Waals surface area (Å²) in [4.78, 5) is 12.2. The maximum Gasteiger partial charge on any atom is 0.230 e. The van der Waals surface area contributed by atoms with Crippen molar-refractivity contribution in [1.29, 1.82) is 0 Å². The largest absolute Gasteiger partial charge is 0.461 e. The Hall–Kier alpha value is -1.96. The molecule has 8 heteroatoms. The van der Waals surface area contributed by atoms with Gasteiger partial charge in [0.25, 0.3) is 0 Å². The second-order valence-electron chi connectivity index (χ2n) is 6.38. The number of furan rings is 1. The zero-order chi connectivity index (χ0) is 17.1. The first kappa shape index (κ1) is 16.9. The van der Waals surface area contributed by atoms with E-state index in [0.717, 1.165) is 6.42 Å². The lowest BCUT2D eigenvalue weighted by Crippen LogP contribution is -2.44. The first-order valence-electron chi connectivity index (χ1n) is 8.22. The van der Waals surface area contributed by atoms with Gasteiger partial charge < -0.3 is 15.6 Å². The van der Waals surface area contributed by atoms with Crippen LogP contribution in [-0.4, -0.2) is 32.6 Å². The van der Waals surface area contributed by atoms with Crippen LogP contribution in [0.15, 0.2) is 28.0 Å². The molecule has 1 saturated carbocycles. The highest BCUT2D eigenvalue weighted by Gasteiger charge is 2.28. The summed E-state index contributed by atoms with van der Waals surface area (Å²) in [6.45, 7) is 4.47. The van der Waals surface area contributed by atoms with E-state index in [-0.39, 0.29) is 17.7 Å². The Morgan fingerprint density at radius 3 is 3.04 bits per heavy atom. The number of nitrogens with two attached hydrogens (primary N) is 1. The van der Waals surface area contributed by atoms with E-state index in [9.17, 15) is 4.79 Å². The number of aromatic nitrogens is 3. The molecule has 3 N–H and O–H groups in total. The zero-order valence-corrected chi connectivity index (χ0v) is 14.8. The Balaban J connectivity index is 1.55. The van der Waals surface area contributed by atoms with Crippen LogP contribution in [0.3, 0.4) is 0 Å². The zero-order valence-electron chi connectivity index (χ0n) is 13.9. The van der Waals surface area contributed by atoms with Gasteiger partial charge in [-0.15, -0.1) is 10.2 Å². The average molecular weight is 349 g/mol. The third-order valence-corrected chi connectivity index (χ3v) is 5.73. The first-order chi connectivity index (χ1) is 11.6. The van der Waals surface area contributed by atoms with Gasteiger partial charge in [-0.2, -0.15) is 0 Å². The number of hydrogen-bond acceptors (Lipinski definition) is 6. The summed E-state index contributed by atoms with van der Waals surface area (Å²) in [6.07, 6.45) is 5.02. The molecule has 3 rings (SSSR count). The van der Waals surface area contributed by atoms with E-state index in [1.165, 1.54) is 29.3 Å². The van der Waals surface area contributed by atoms with Crippen LogP contribution < -0.4 is 11.2 Å². The molecule has 1 aliphatic carbocycles. The van der Waals surface area contributed by atoms with Crippen molar-refractivity contribution in [3.8, 4) is 11.6 Å². The second-order valence-corrected chi connectivity index (χ2v) is 7.33. The van der Waals surface area contributed by atoms with Gasteiger partial charge in [0, 0.05) is 6.04 Å². The third kappa shape index (κ3) is 3.58. The Morgan fingerprint density at radius 2 is 2.29 bits per heavy atom. The van der Waals surface area contributed by atoms with Crippen molar-refractivity contribution in [2.45, 2.75) is 44.3 Å². The summed E-state index contributed by atoms with van der Waals surface area (Å²) in [5.74, 6) is 8.41. The molecule has 2 aromatic rings. The number of nitrogens with one attached hydrogen (secondary N) is 1. The molecular formula is C16H23N5O2S. The first-order valence-corrected chi connectivity index (χ1v) is 9.21. The molecule has 3 atom stereocenters. The Kier molecular flexibility index (Phi) is 5.13. The summed E-state index contributed by atoms with van der Waals surface area (Å²) in [7, 11) is 0. The van der Waals surface area contributed by atoms with Gasteiger partial charge in [-0.3, -0.25) is 4.79 Å². The molecule has 1 amide bonds. The fourth-order valence-corrected chi connectivity index (χ4v) is 3.78. The monoisotopic (exact) mass is 349 g/mol. The molecule has 0 radical (unpaired) electrons. The van der Waals surface area contributed by atoms with E-state index in [1.807, 2.05) is 0 Å². The van der Waals surface area contributed by atoms with Crippen molar-refractivity contribution in [3.05, 3.63) is 18.4 Å². The van der Waals surface area contributed by atoms with Crippen LogP contribution in [0.1, 0.15) is 33.1 Å². The lowest BCUT2D eigenvalue weighted by atomic mass is 9.78. The van der Waals surface area contributed by atoms with Gasteiger partial charge in [0.05, 0.1) is 12.0 Å². The SMILES string of the molecule is C[C@@H]1[C@H](C)CCC[C@H]1NC(=O)CSc1nnc(-c2ccco2)n1N. The van der Waals surface area contributed by atoms with E-state index < -0.39 is 0 Å². The van der Waals surface area contributed by atoms with E-state index in [2.05, 4.69) is 29.4 Å². The van der Waals surface area contributed by atoms with Crippen molar-refractivity contribution in [3.63, 3.8) is 0 Å². The third-order valence-electron chi connectivity index (χ3n) is 4.79. The van der Waals surface area contributed by atoms with Crippen LogP contribution in [0.4, 0.5) is 0 Å². The van der Waals surface area contributed by atoms with Crippen LogP contribution >= 0.6 is 11.8 Å². The molecule has 7 nitrogen and oxygen atoms in total. The van der Waals surface area contributed by atoms with Crippen LogP contribution in [0, 0.1) is 11.8 Å². The van der Waals surface area contributed by atoms with E-state index in [0.29, 0.717) is 28.6 Å². The minimum atomic E-state index is 0.00787. The van der Waals surface area contributed by atoms with Gasteiger partial charge in [-0.1, -0.05) is 38.5 Å². The predicted molar refractivity (Wildman–Crippen MR) is 92.7 cm³/mol. The quantitative estimate of drug-likeness (QED) is 0.635. The summed E-state index contributed by atoms with van der Waals surface area (Å²) in [5, 5.41) is 11.7. The smallest absolute Gasteiger partial charge is 0.230 e. The molecular weight excluding hydrogens is 326 g/mol. The predicted octanol–water partition coefficient (Wildman–Crippen LogP) is 2.28. The number of nitrogens with zero attached hydrogens (tertiary/aromatic N) is 3. The average Bonchev–Trinajstić information content (AvgIpc) is 3.19.